The molecule has 6 N–H and O–H groups in total. The largest absolute Gasteiger partial charge is 0.507 e. The number of nitro benzene ring substituents is 2. The molecule has 1 amide bonds. The van der Waals surface area contributed by atoms with Crippen molar-refractivity contribution in [2.75, 3.05) is 24.5 Å². The SMILES string of the molecule is CO[C@@H]1C=CO[C@@]2(C)Oc3c(C)c(O)c4c(O)c(c(C=NN(C)c5ccc([N+](=O)[O-])cc5[N+](=O)[O-])c(O)c4c3C2=O)NC(=O)C(C)=CC=C[C@H](C)[C@H](O)[C@H](C)[C@H](O)[C@H](C)[C@H](OC(C)=O)[C@@H]1C. The van der Waals surface area contributed by atoms with E-state index in [1.54, 1.807) is 33.8 Å². The molecular weight excluding hydrogens is 867 g/mol. The number of amides is 1. The minimum atomic E-state index is -2.19. The lowest BCUT2D eigenvalue weighted by molar-refractivity contribution is -0.393. The molecule has 0 radical (unpaired) electrons. The average Bonchev–Trinajstić information content (AvgIpc) is 3.53. The molecular formula is C45H53N5O16. The van der Waals surface area contributed by atoms with E-state index in [0.29, 0.717) is 0 Å². The average molecular weight is 920 g/mol. The molecule has 5 bridgehead atoms. The molecule has 0 saturated heterocycles. The van der Waals surface area contributed by atoms with Crippen molar-refractivity contribution in [2.45, 2.75) is 85.6 Å². The van der Waals surface area contributed by atoms with E-state index in [1.807, 2.05) is 0 Å². The third-order valence-electron chi connectivity index (χ3n) is 12.1. The second-order valence-electron chi connectivity index (χ2n) is 16.6. The summed E-state index contributed by atoms with van der Waals surface area (Å²) in [7, 11) is 2.63. The molecule has 21 heteroatoms. The lowest BCUT2D eigenvalue weighted by Gasteiger charge is -2.38. The summed E-state index contributed by atoms with van der Waals surface area (Å²) in [5.74, 6) is -9.93. The number of benzene rings is 3. The van der Waals surface area contributed by atoms with Crippen molar-refractivity contribution in [1.29, 1.82) is 0 Å². The first kappa shape index (κ1) is 49.9. The van der Waals surface area contributed by atoms with Crippen molar-refractivity contribution in [2.24, 2.45) is 28.8 Å². The summed E-state index contributed by atoms with van der Waals surface area (Å²) >= 11 is 0. The molecule has 0 fully saturated rings. The number of aliphatic hydroxyl groups excluding tert-OH is 2. The first-order chi connectivity index (χ1) is 30.9. The number of carbonyl (C=O) groups excluding carboxylic acids is 3. The van der Waals surface area contributed by atoms with Gasteiger partial charge in [0.25, 0.3) is 17.4 Å². The number of rotatable bonds is 7. The number of phenols is 3. The molecule has 3 aromatic carbocycles. The van der Waals surface area contributed by atoms with Crippen molar-refractivity contribution in [3.63, 3.8) is 0 Å². The molecule has 3 heterocycles. The van der Waals surface area contributed by atoms with Crippen molar-refractivity contribution in [1.82, 2.24) is 0 Å². The van der Waals surface area contributed by atoms with E-state index in [-0.39, 0.29) is 28.1 Å². The lowest BCUT2D eigenvalue weighted by atomic mass is 9.78. The number of carbonyl (C=O) groups is 3. The normalized spacial score (nSPS) is 26.2. The number of ketones is 1. The molecule has 21 nitrogen and oxygen atoms in total. The van der Waals surface area contributed by atoms with Gasteiger partial charge in [0.05, 0.1) is 68.9 Å². The van der Waals surface area contributed by atoms with Crippen LogP contribution >= 0.6 is 0 Å². The molecule has 66 heavy (non-hydrogen) atoms. The van der Waals surface area contributed by atoms with Crippen molar-refractivity contribution in [3.8, 4) is 23.0 Å². The number of hydrogen-bond donors (Lipinski definition) is 6. The lowest BCUT2D eigenvalue weighted by Crippen LogP contribution is -2.46. The van der Waals surface area contributed by atoms with Gasteiger partial charge in [-0.25, -0.2) is 0 Å². The van der Waals surface area contributed by atoms with Gasteiger partial charge in [-0.1, -0.05) is 45.9 Å². The highest BCUT2D eigenvalue weighted by atomic mass is 16.7. The van der Waals surface area contributed by atoms with Gasteiger partial charge in [-0.3, -0.25) is 39.6 Å². The van der Waals surface area contributed by atoms with Crippen LogP contribution in [-0.4, -0.2) is 104 Å². The number of non-ortho nitro benzene ring substituents is 1. The van der Waals surface area contributed by atoms with Crippen LogP contribution in [0.3, 0.4) is 0 Å². The van der Waals surface area contributed by atoms with E-state index in [9.17, 15) is 60.1 Å². The van der Waals surface area contributed by atoms with Crippen molar-refractivity contribution >= 4 is 57.4 Å². The fraction of sp³-hybridized carbons (Fsp3) is 0.422. The van der Waals surface area contributed by atoms with Crippen molar-refractivity contribution in [3.05, 3.63) is 91.3 Å². The Morgan fingerprint density at radius 2 is 1.62 bits per heavy atom. The number of fused-ring (bicyclic) bond motifs is 14. The van der Waals surface area contributed by atoms with Crippen LogP contribution < -0.4 is 15.1 Å². The summed E-state index contributed by atoms with van der Waals surface area (Å²) in [6.07, 6.45) is 3.71. The second kappa shape index (κ2) is 19.6. The highest BCUT2D eigenvalue weighted by Gasteiger charge is 2.50. The molecule has 0 spiro atoms. The number of ether oxygens (including phenoxy) is 4. The van der Waals surface area contributed by atoms with Gasteiger partial charge in [0.2, 0.25) is 0 Å². The summed E-state index contributed by atoms with van der Waals surface area (Å²) in [6.45, 7) is 12.0. The summed E-state index contributed by atoms with van der Waals surface area (Å²) in [5.41, 5.74) is -2.92. The summed E-state index contributed by atoms with van der Waals surface area (Å²) in [5, 5.41) is 88.7. The Balaban J connectivity index is 1.75. The van der Waals surface area contributed by atoms with Gasteiger partial charge in [0.15, 0.2) is 5.75 Å². The number of phenolic OH excluding ortho intramolecular Hbond substituents is 3. The van der Waals surface area contributed by atoms with Crippen LogP contribution in [0.4, 0.5) is 22.7 Å². The number of aliphatic hydroxyl groups is 2. The van der Waals surface area contributed by atoms with Crippen LogP contribution in [0.15, 0.2) is 59.4 Å². The molecule has 0 unspecified atom stereocenters. The zero-order valence-electron chi connectivity index (χ0n) is 37.8. The number of Topliss-reactive ketones (excluding diaryl/α,β-unsaturated/α-hetero) is 1. The zero-order chi connectivity index (χ0) is 49.3. The number of nitrogens with zero attached hydrogens (tertiary/aromatic N) is 4. The molecule has 3 aliphatic heterocycles. The molecule has 0 aliphatic carbocycles. The number of esters is 1. The van der Waals surface area contributed by atoms with Crippen LogP contribution in [0.2, 0.25) is 0 Å². The highest BCUT2D eigenvalue weighted by Crippen LogP contribution is 2.55. The number of hydrogen-bond acceptors (Lipinski definition) is 18. The number of allylic oxidation sites excluding steroid dienone is 2. The Hall–Kier alpha value is -7.10. The van der Waals surface area contributed by atoms with Crippen LogP contribution in [0.1, 0.15) is 70.0 Å². The van der Waals surface area contributed by atoms with Gasteiger partial charge < -0.3 is 49.8 Å². The first-order valence-corrected chi connectivity index (χ1v) is 20.7. The second-order valence-corrected chi connectivity index (χ2v) is 16.6. The number of methoxy groups -OCH3 is 1. The predicted octanol–water partition coefficient (Wildman–Crippen LogP) is 6.04. The predicted molar refractivity (Wildman–Crippen MR) is 240 cm³/mol. The van der Waals surface area contributed by atoms with Crippen LogP contribution in [-0.2, 0) is 23.8 Å². The fourth-order valence-corrected chi connectivity index (χ4v) is 8.12. The van der Waals surface area contributed by atoms with E-state index in [0.717, 1.165) is 35.7 Å². The van der Waals surface area contributed by atoms with Gasteiger partial charge >= 0.3 is 17.4 Å². The molecule has 3 aromatic rings. The van der Waals surface area contributed by atoms with Crippen LogP contribution in [0, 0.1) is 50.8 Å². The Labute approximate surface area is 378 Å². The van der Waals surface area contributed by atoms with Crippen LogP contribution in [0.25, 0.3) is 10.8 Å². The van der Waals surface area contributed by atoms with Gasteiger partial charge in [0, 0.05) is 74.3 Å². The topological polar surface area (TPSA) is 303 Å². The molecule has 6 rings (SSSR count). The molecule has 0 saturated carbocycles. The Morgan fingerprint density at radius 3 is 2.23 bits per heavy atom. The Morgan fingerprint density at radius 1 is 0.955 bits per heavy atom. The quantitative estimate of drug-likeness (QED) is 0.0393. The van der Waals surface area contributed by atoms with E-state index < -0.39 is 132 Å². The Bertz CT molecular complexity index is 2590. The third-order valence-corrected chi connectivity index (χ3v) is 12.1. The molecule has 354 valence electrons. The summed E-state index contributed by atoms with van der Waals surface area (Å²) in [4.78, 5) is 62.4. The van der Waals surface area contributed by atoms with E-state index in [1.165, 1.54) is 60.1 Å². The van der Waals surface area contributed by atoms with E-state index >= 15 is 0 Å². The molecule has 3 aliphatic rings. The minimum Gasteiger partial charge on any atom is -0.507 e. The van der Waals surface area contributed by atoms with E-state index in [2.05, 4.69) is 10.4 Å². The van der Waals surface area contributed by atoms with Gasteiger partial charge in [-0.05, 0) is 26.0 Å². The minimum absolute atomic E-state index is 0.0226. The highest BCUT2D eigenvalue weighted by molar-refractivity contribution is 6.24. The maximum absolute atomic E-state index is 14.5. The Kier molecular flexibility index (Phi) is 14.8. The first-order valence-electron chi connectivity index (χ1n) is 20.7. The smallest absolute Gasteiger partial charge is 0.312 e. The standard InChI is InChI=1S/C45H53N5O16/c1-20-12-11-13-21(2)44(58)47-35-28(19-46-48(9)29-15-14-27(49(59)60)18-30(29)50(61)62)39(55)32-33(40(35)56)38(54)25(6)42-34(32)43(57)45(8,66-42)64-17-16-31(63-10)22(3)41(65-26(7)51)24(5)37(53)23(4)36(20)52/h11-20,22-24,31,36-37,41,52-56H,1-10H3,(H,47,58)/t20-,22+,23-,24-,31+,36-,37-,41+,45-/m0/s1. The number of nitrogens with one attached hydrogen (secondary N) is 1. The van der Waals surface area contributed by atoms with E-state index in [4.69, 9.17) is 18.9 Å². The van der Waals surface area contributed by atoms with Gasteiger partial charge in [-0.15, -0.1) is 0 Å². The molecule has 0 aromatic heterocycles. The number of hydrazone groups is 1. The third kappa shape index (κ3) is 9.49. The van der Waals surface area contributed by atoms with Gasteiger partial charge in [0.1, 0.15) is 29.0 Å². The molecule has 9 atom stereocenters. The van der Waals surface area contributed by atoms with Crippen molar-refractivity contribution < 1.29 is 68.7 Å². The number of aromatic hydroxyl groups is 3. The monoisotopic (exact) mass is 919 g/mol. The summed E-state index contributed by atoms with van der Waals surface area (Å²) in [6, 6.07) is 2.80. The maximum Gasteiger partial charge on any atom is 0.312 e. The van der Waals surface area contributed by atoms with Crippen LogP contribution in [0.5, 0.6) is 23.0 Å². The van der Waals surface area contributed by atoms with Gasteiger partial charge in [-0.2, -0.15) is 5.10 Å². The number of anilines is 2. The number of nitro groups is 2. The fourth-order valence-electron chi connectivity index (χ4n) is 8.12. The summed E-state index contributed by atoms with van der Waals surface area (Å²) < 4.78 is 23.4. The zero-order valence-corrected chi connectivity index (χ0v) is 37.8. The maximum atomic E-state index is 14.5.